The summed E-state index contributed by atoms with van der Waals surface area (Å²) in [6.45, 7) is 1.52. The third kappa shape index (κ3) is 1.38. The molecule has 0 aliphatic carbocycles. The Bertz CT molecular complexity index is 494. The summed E-state index contributed by atoms with van der Waals surface area (Å²) in [4.78, 5) is 22.1. The van der Waals surface area contributed by atoms with Gasteiger partial charge in [0.15, 0.2) is 0 Å². The average molecular weight is 192 g/mol. The Morgan fingerprint density at radius 2 is 2.21 bits per heavy atom. The molecule has 0 fully saturated rings. The van der Waals surface area contributed by atoms with Crippen LogP contribution in [-0.2, 0) is 7.05 Å². The number of aromatic nitrogens is 1. The van der Waals surface area contributed by atoms with E-state index in [0.29, 0.717) is 5.69 Å². The van der Waals surface area contributed by atoms with Crippen LogP contribution in [0.25, 0.3) is 0 Å². The Labute approximate surface area is 79.8 Å². The SMILES string of the molecule is Cc1c(C(=O)O)cc(C#N)c(=O)n1C. The topological polar surface area (TPSA) is 83.1 Å². The fourth-order valence-corrected chi connectivity index (χ4v) is 1.12. The second-order valence-electron chi connectivity index (χ2n) is 2.84. The number of aromatic carboxylic acids is 1. The molecule has 0 saturated heterocycles. The predicted molar refractivity (Wildman–Crippen MR) is 48.1 cm³/mol. The third-order valence-electron chi connectivity index (χ3n) is 2.07. The minimum absolute atomic E-state index is 0.0244. The van der Waals surface area contributed by atoms with Crippen molar-refractivity contribution in [2.45, 2.75) is 6.92 Å². The molecular formula is C9H8N2O3. The monoisotopic (exact) mass is 192 g/mol. The van der Waals surface area contributed by atoms with Gasteiger partial charge in [-0.2, -0.15) is 5.26 Å². The highest BCUT2D eigenvalue weighted by Gasteiger charge is 2.13. The van der Waals surface area contributed by atoms with Crippen LogP contribution in [0.3, 0.4) is 0 Å². The van der Waals surface area contributed by atoms with Gasteiger partial charge in [0.25, 0.3) is 5.56 Å². The summed E-state index contributed by atoms with van der Waals surface area (Å²) in [7, 11) is 1.44. The summed E-state index contributed by atoms with van der Waals surface area (Å²) in [5, 5.41) is 17.4. The molecule has 72 valence electrons. The van der Waals surface area contributed by atoms with E-state index in [1.54, 1.807) is 6.07 Å². The first-order valence-corrected chi connectivity index (χ1v) is 3.83. The Morgan fingerprint density at radius 3 is 2.64 bits per heavy atom. The van der Waals surface area contributed by atoms with Gasteiger partial charge in [-0.25, -0.2) is 4.79 Å². The summed E-state index contributed by atoms with van der Waals surface area (Å²) in [6, 6.07) is 2.76. The van der Waals surface area contributed by atoms with Gasteiger partial charge >= 0.3 is 5.97 Å². The van der Waals surface area contributed by atoms with Crippen molar-refractivity contribution in [3.05, 3.63) is 33.2 Å². The second-order valence-corrected chi connectivity index (χ2v) is 2.84. The first-order valence-electron chi connectivity index (χ1n) is 3.83. The molecule has 0 saturated carbocycles. The van der Waals surface area contributed by atoms with Crippen LogP contribution in [0.1, 0.15) is 21.6 Å². The number of carbonyl (C=O) groups is 1. The van der Waals surface area contributed by atoms with Crippen molar-refractivity contribution in [1.29, 1.82) is 5.26 Å². The molecule has 0 radical (unpaired) electrons. The van der Waals surface area contributed by atoms with Crippen LogP contribution < -0.4 is 5.56 Å². The number of carboxylic acids is 1. The summed E-state index contributed by atoms with van der Waals surface area (Å²) >= 11 is 0. The summed E-state index contributed by atoms with van der Waals surface area (Å²) < 4.78 is 1.15. The van der Waals surface area contributed by atoms with Crippen molar-refractivity contribution < 1.29 is 9.90 Å². The molecule has 1 N–H and O–H groups in total. The zero-order valence-corrected chi connectivity index (χ0v) is 7.74. The third-order valence-corrected chi connectivity index (χ3v) is 2.07. The maximum absolute atomic E-state index is 11.3. The number of nitrogens with zero attached hydrogens (tertiary/aromatic N) is 2. The van der Waals surface area contributed by atoms with Gasteiger partial charge in [0.05, 0.1) is 5.56 Å². The van der Waals surface area contributed by atoms with Crippen molar-refractivity contribution >= 4 is 5.97 Å². The van der Waals surface area contributed by atoms with Gasteiger partial charge in [0, 0.05) is 12.7 Å². The van der Waals surface area contributed by atoms with Gasteiger partial charge in [0.2, 0.25) is 0 Å². The van der Waals surface area contributed by atoms with Gasteiger partial charge in [-0.15, -0.1) is 0 Å². The van der Waals surface area contributed by atoms with Crippen LogP contribution in [0, 0.1) is 18.3 Å². The lowest BCUT2D eigenvalue weighted by Crippen LogP contribution is -2.24. The van der Waals surface area contributed by atoms with Crippen molar-refractivity contribution in [3.63, 3.8) is 0 Å². The van der Waals surface area contributed by atoms with E-state index in [2.05, 4.69) is 0 Å². The first kappa shape index (κ1) is 9.99. The smallest absolute Gasteiger partial charge is 0.337 e. The highest BCUT2D eigenvalue weighted by atomic mass is 16.4. The lowest BCUT2D eigenvalue weighted by molar-refractivity contribution is 0.0695. The molecule has 0 unspecified atom stereocenters. The largest absolute Gasteiger partial charge is 0.478 e. The molecule has 0 aromatic carbocycles. The average Bonchev–Trinajstić information content (AvgIpc) is 2.14. The Balaban J connectivity index is 3.68. The van der Waals surface area contributed by atoms with Gasteiger partial charge < -0.3 is 9.67 Å². The zero-order valence-electron chi connectivity index (χ0n) is 7.74. The fourth-order valence-electron chi connectivity index (χ4n) is 1.12. The van der Waals surface area contributed by atoms with Gasteiger partial charge in [-0.1, -0.05) is 0 Å². The maximum Gasteiger partial charge on any atom is 0.337 e. The summed E-state index contributed by atoms with van der Waals surface area (Å²) in [6.07, 6.45) is 0. The molecule has 5 heteroatoms. The molecule has 0 atom stereocenters. The van der Waals surface area contributed by atoms with Crippen molar-refractivity contribution in [2.24, 2.45) is 7.05 Å². The molecule has 1 aromatic rings. The summed E-state index contributed by atoms with van der Waals surface area (Å²) in [5.74, 6) is -1.14. The second kappa shape index (κ2) is 3.34. The molecule has 1 heterocycles. The predicted octanol–water partition coefficient (Wildman–Crippen LogP) is 0.264. The highest BCUT2D eigenvalue weighted by Crippen LogP contribution is 2.06. The van der Waals surface area contributed by atoms with Gasteiger partial charge in [-0.05, 0) is 13.0 Å². The molecule has 0 aliphatic rings. The van der Waals surface area contributed by atoms with Crippen LogP contribution in [-0.4, -0.2) is 15.6 Å². The van der Waals surface area contributed by atoms with E-state index >= 15 is 0 Å². The minimum atomic E-state index is -1.14. The highest BCUT2D eigenvalue weighted by molar-refractivity contribution is 5.89. The fraction of sp³-hybridized carbons (Fsp3) is 0.222. The molecule has 0 aliphatic heterocycles. The lowest BCUT2D eigenvalue weighted by atomic mass is 10.1. The molecule has 1 aromatic heterocycles. The van der Waals surface area contributed by atoms with Crippen LogP contribution >= 0.6 is 0 Å². The van der Waals surface area contributed by atoms with Crippen molar-refractivity contribution in [2.75, 3.05) is 0 Å². The lowest BCUT2D eigenvalue weighted by Gasteiger charge is -2.06. The van der Waals surface area contributed by atoms with E-state index < -0.39 is 11.5 Å². The maximum atomic E-state index is 11.3. The van der Waals surface area contributed by atoms with Crippen LogP contribution in [0.4, 0.5) is 0 Å². The molecule has 5 nitrogen and oxygen atoms in total. The first-order chi connectivity index (χ1) is 6.49. The van der Waals surface area contributed by atoms with E-state index in [4.69, 9.17) is 10.4 Å². The zero-order chi connectivity index (χ0) is 10.9. The Kier molecular flexibility index (Phi) is 2.38. The quantitative estimate of drug-likeness (QED) is 0.691. The standard InChI is InChI=1S/C9H8N2O3/c1-5-7(9(13)14)3-6(4-10)8(12)11(5)2/h3H,1-2H3,(H,13,14). The number of hydrogen-bond acceptors (Lipinski definition) is 3. The number of carboxylic acid groups (broad SMARTS) is 1. The molecule has 0 spiro atoms. The van der Waals surface area contributed by atoms with Gasteiger partial charge in [0.1, 0.15) is 11.6 Å². The van der Waals surface area contributed by atoms with Gasteiger partial charge in [-0.3, -0.25) is 4.79 Å². The molecule has 14 heavy (non-hydrogen) atoms. The normalized spacial score (nSPS) is 9.50. The molecular weight excluding hydrogens is 184 g/mol. The van der Waals surface area contributed by atoms with Crippen molar-refractivity contribution in [1.82, 2.24) is 4.57 Å². The number of pyridine rings is 1. The van der Waals surface area contributed by atoms with E-state index in [-0.39, 0.29) is 11.1 Å². The molecule has 0 amide bonds. The number of rotatable bonds is 1. The molecule has 1 rings (SSSR count). The number of nitriles is 1. The van der Waals surface area contributed by atoms with E-state index in [0.717, 1.165) is 10.6 Å². The van der Waals surface area contributed by atoms with Crippen LogP contribution in [0.5, 0.6) is 0 Å². The Hall–Kier alpha value is -2.09. The van der Waals surface area contributed by atoms with Crippen molar-refractivity contribution in [3.8, 4) is 6.07 Å². The number of hydrogen-bond donors (Lipinski definition) is 1. The Morgan fingerprint density at radius 1 is 1.64 bits per heavy atom. The van der Waals surface area contributed by atoms with E-state index in [9.17, 15) is 9.59 Å². The van der Waals surface area contributed by atoms with E-state index in [1.807, 2.05) is 0 Å². The van der Waals surface area contributed by atoms with Crippen LogP contribution in [0.15, 0.2) is 10.9 Å². The summed E-state index contributed by atoms with van der Waals surface area (Å²) in [5.41, 5.74) is -0.323. The van der Waals surface area contributed by atoms with Crippen LogP contribution in [0.2, 0.25) is 0 Å². The minimum Gasteiger partial charge on any atom is -0.478 e. The van der Waals surface area contributed by atoms with E-state index in [1.165, 1.54) is 14.0 Å². The molecule has 0 bridgehead atoms.